The van der Waals surface area contributed by atoms with E-state index in [2.05, 4.69) is 5.32 Å². The zero-order valence-electron chi connectivity index (χ0n) is 14.3. The predicted molar refractivity (Wildman–Crippen MR) is 92.3 cm³/mol. The number of carboxylic acids is 1. The van der Waals surface area contributed by atoms with E-state index < -0.39 is 23.2 Å². The molecule has 1 amide bonds. The van der Waals surface area contributed by atoms with Gasteiger partial charge >= 0.3 is 5.97 Å². The molecule has 0 saturated carbocycles. The van der Waals surface area contributed by atoms with Crippen molar-refractivity contribution in [2.45, 2.75) is 12.5 Å². The average Bonchev–Trinajstić information content (AvgIpc) is 2.62. The Balaban J connectivity index is 1.82. The van der Waals surface area contributed by atoms with Crippen LogP contribution in [0.1, 0.15) is 12.5 Å². The molecule has 0 aliphatic carbocycles. The first-order valence-corrected chi connectivity index (χ1v) is 7.98. The first kappa shape index (κ1) is 19.4. The smallest absolute Gasteiger partial charge is 0.333 e. The van der Waals surface area contributed by atoms with Crippen molar-refractivity contribution in [3.8, 4) is 5.75 Å². The highest BCUT2D eigenvalue weighted by Gasteiger charge is 2.36. The summed E-state index contributed by atoms with van der Waals surface area (Å²) in [4.78, 5) is 23.6. The lowest BCUT2D eigenvalue weighted by molar-refractivity contribution is -0.148. The number of aliphatic carboxylic acids is 1. The van der Waals surface area contributed by atoms with Crippen LogP contribution in [0.25, 0.3) is 0 Å². The second-order valence-corrected chi connectivity index (χ2v) is 5.70. The van der Waals surface area contributed by atoms with Gasteiger partial charge in [0.15, 0.2) is 5.54 Å². The minimum atomic E-state index is -1.69. The molecule has 26 heavy (non-hydrogen) atoms. The van der Waals surface area contributed by atoms with Crippen LogP contribution in [0.15, 0.2) is 54.6 Å². The van der Waals surface area contributed by atoms with Gasteiger partial charge in [0.1, 0.15) is 24.8 Å². The molecule has 0 aliphatic heterocycles. The molecule has 2 N–H and O–H groups in total. The highest BCUT2D eigenvalue weighted by molar-refractivity contribution is 5.88. The second-order valence-electron chi connectivity index (χ2n) is 5.70. The van der Waals surface area contributed by atoms with Crippen molar-refractivity contribution in [1.82, 2.24) is 5.32 Å². The van der Waals surface area contributed by atoms with Crippen LogP contribution in [0.4, 0.5) is 4.39 Å². The average molecular weight is 361 g/mol. The lowest BCUT2D eigenvalue weighted by atomic mass is 9.92. The van der Waals surface area contributed by atoms with E-state index >= 15 is 0 Å². The minimum absolute atomic E-state index is 0.169. The summed E-state index contributed by atoms with van der Waals surface area (Å²) in [6, 6.07) is 14.1. The van der Waals surface area contributed by atoms with Crippen molar-refractivity contribution >= 4 is 11.9 Å². The number of para-hydroxylation sites is 1. The van der Waals surface area contributed by atoms with Gasteiger partial charge in [0.05, 0.1) is 6.61 Å². The van der Waals surface area contributed by atoms with E-state index in [0.29, 0.717) is 5.75 Å². The Labute approximate surface area is 150 Å². The fourth-order valence-electron chi connectivity index (χ4n) is 2.25. The molecule has 1 atom stereocenters. The Hall–Kier alpha value is -2.93. The molecule has 0 bridgehead atoms. The maximum Gasteiger partial charge on any atom is 0.333 e. The lowest BCUT2D eigenvalue weighted by Crippen LogP contribution is -2.50. The molecule has 0 saturated heterocycles. The van der Waals surface area contributed by atoms with Crippen LogP contribution in [0.3, 0.4) is 0 Å². The molecular formula is C19H20FNO5. The van der Waals surface area contributed by atoms with Gasteiger partial charge in [0.2, 0.25) is 5.91 Å². The van der Waals surface area contributed by atoms with E-state index in [0.717, 1.165) is 12.1 Å². The molecule has 2 aromatic carbocycles. The van der Waals surface area contributed by atoms with E-state index in [1.165, 1.54) is 19.1 Å². The highest BCUT2D eigenvalue weighted by Crippen LogP contribution is 2.21. The Bertz CT molecular complexity index is 735. The quantitative estimate of drug-likeness (QED) is 0.670. The first-order chi connectivity index (χ1) is 12.4. The lowest BCUT2D eigenvalue weighted by Gasteiger charge is -2.26. The van der Waals surface area contributed by atoms with Crippen molar-refractivity contribution in [1.29, 1.82) is 0 Å². The number of rotatable bonds is 9. The van der Waals surface area contributed by atoms with Crippen LogP contribution < -0.4 is 10.1 Å². The number of carboxylic acid groups (broad SMARTS) is 1. The molecule has 7 heteroatoms. The molecular weight excluding hydrogens is 341 g/mol. The highest BCUT2D eigenvalue weighted by atomic mass is 19.1. The summed E-state index contributed by atoms with van der Waals surface area (Å²) in [6.07, 6.45) is 0. The molecule has 2 aromatic rings. The van der Waals surface area contributed by atoms with Crippen molar-refractivity contribution in [3.63, 3.8) is 0 Å². The van der Waals surface area contributed by atoms with Crippen molar-refractivity contribution < 1.29 is 28.6 Å². The van der Waals surface area contributed by atoms with Gasteiger partial charge in [-0.25, -0.2) is 9.18 Å². The summed E-state index contributed by atoms with van der Waals surface area (Å²) >= 11 is 0. The number of ether oxygens (including phenoxy) is 2. The largest absolute Gasteiger partial charge is 0.491 e. The molecule has 1 unspecified atom stereocenters. The van der Waals surface area contributed by atoms with Gasteiger partial charge in [0, 0.05) is 0 Å². The van der Waals surface area contributed by atoms with E-state index in [9.17, 15) is 19.1 Å². The summed E-state index contributed by atoms with van der Waals surface area (Å²) in [5, 5.41) is 11.9. The Morgan fingerprint density at radius 3 is 2.35 bits per heavy atom. The van der Waals surface area contributed by atoms with Crippen molar-refractivity contribution in [2.75, 3.05) is 19.8 Å². The molecule has 0 radical (unpaired) electrons. The first-order valence-electron chi connectivity index (χ1n) is 7.98. The van der Waals surface area contributed by atoms with Gasteiger partial charge in [0.25, 0.3) is 0 Å². The molecule has 6 nitrogen and oxygen atoms in total. The topological polar surface area (TPSA) is 84.9 Å². The van der Waals surface area contributed by atoms with E-state index in [-0.39, 0.29) is 25.4 Å². The van der Waals surface area contributed by atoms with Crippen LogP contribution in [-0.2, 0) is 19.9 Å². The summed E-state index contributed by atoms with van der Waals surface area (Å²) in [6.45, 7) is 1.44. The number of halogens is 1. The Kier molecular flexibility index (Phi) is 6.68. The van der Waals surface area contributed by atoms with Gasteiger partial charge in [-0.3, -0.25) is 4.79 Å². The predicted octanol–water partition coefficient (Wildman–Crippen LogP) is 2.34. The van der Waals surface area contributed by atoms with Crippen molar-refractivity contribution in [3.05, 3.63) is 66.0 Å². The third-order valence-corrected chi connectivity index (χ3v) is 3.71. The number of carbonyl (C=O) groups is 2. The van der Waals surface area contributed by atoms with E-state index in [4.69, 9.17) is 9.47 Å². The van der Waals surface area contributed by atoms with Crippen LogP contribution in [0.2, 0.25) is 0 Å². The standard InChI is InChI=1S/C19H20FNO5/c1-19(18(23)24,14-7-9-15(20)10-8-14)21-17(22)13-25-11-12-26-16-5-3-2-4-6-16/h2-10H,11-13H2,1H3,(H,21,22)(H,23,24). The number of hydrogen-bond acceptors (Lipinski definition) is 4. The van der Waals surface area contributed by atoms with Crippen LogP contribution in [0.5, 0.6) is 5.75 Å². The molecule has 0 fully saturated rings. The van der Waals surface area contributed by atoms with Crippen LogP contribution in [-0.4, -0.2) is 36.8 Å². The number of amides is 1. The second kappa shape index (κ2) is 8.96. The van der Waals surface area contributed by atoms with E-state index in [1.807, 2.05) is 18.2 Å². The number of nitrogens with one attached hydrogen (secondary N) is 1. The van der Waals surface area contributed by atoms with Gasteiger partial charge in [-0.2, -0.15) is 0 Å². The van der Waals surface area contributed by atoms with Gasteiger partial charge < -0.3 is 19.9 Å². The third kappa shape index (κ3) is 5.29. The monoisotopic (exact) mass is 361 g/mol. The SMILES string of the molecule is CC(NC(=O)COCCOc1ccccc1)(C(=O)O)c1ccc(F)cc1. The summed E-state index contributed by atoms with van der Waals surface area (Å²) in [5.41, 5.74) is -1.43. The maximum atomic E-state index is 13.0. The van der Waals surface area contributed by atoms with Gasteiger partial charge in [-0.05, 0) is 36.8 Å². The molecule has 0 aromatic heterocycles. The summed E-state index contributed by atoms with van der Waals surface area (Å²) < 4.78 is 23.7. The normalized spacial score (nSPS) is 12.8. The third-order valence-electron chi connectivity index (χ3n) is 3.71. The molecule has 0 aliphatic rings. The molecule has 138 valence electrons. The number of carbonyl (C=O) groups excluding carboxylic acids is 1. The molecule has 2 rings (SSSR count). The fourth-order valence-corrected chi connectivity index (χ4v) is 2.25. The van der Waals surface area contributed by atoms with Crippen LogP contribution in [0, 0.1) is 5.82 Å². The van der Waals surface area contributed by atoms with Crippen molar-refractivity contribution in [2.24, 2.45) is 0 Å². The van der Waals surface area contributed by atoms with Gasteiger partial charge in [-0.1, -0.05) is 30.3 Å². The summed E-state index contributed by atoms with van der Waals surface area (Å²) in [5.74, 6) is -1.66. The van der Waals surface area contributed by atoms with Crippen LogP contribution >= 0.6 is 0 Å². The van der Waals surface area contributed by atoms with E-state index in [1.54, 1.807) is 12.1 Å². The number of hydrogen-bond donors (Lipinski definition) is 2. The number of benzene rings is 2. The fraction of sp³-hybridized carbons (Fsp3) is 0.263. The zero-order valence-corrected chi connectivity index (χ0v) is 14.3. The maximum absolute atomic E-state index is 13.0. The Morgan fingerprint density at radius 1 is 1.08 bits per heavy atom. The molecule has 0 heterocycles. The Morgan fingerprint density at radius 2 is 1.73 bits per heavy atom. The summed E-state index contributed by atoms with van der Waals surface area (Å²) in [7, 11) is 0. The van der Waals surface area contributed by atoms with Gasteiger partial charge in [-0.15, -0.1) is 0 Å². The minimum Gasteiger partial charge on any atom is -0.491 e. The molecule has 0 spiro atoms. The zero-order chi connectivity index (χ0) is 19.0.